The van der Waals surface area contributed by atoms with Crippen LogP contribution >= 0.6 is 0 Å². The first-order valence-electron chi connectivity index (χ1n) is 10.0. The highest BCUT2D eigenvalue weighted by atomic mass is 16.3. The zero-order valence-corrected chi connectivity index (χ0v) is 16.8. The van der Waals surface area contributed by atoms with Gasteiger partial charge in [0, 0.05) is 24.0 Å². The smallest absolute Gasteiger partial charge is 0.109 e. The topological polar surface area (TPSA) is 28.4 Å². The van der Waals surface area contributed by atoms with E-state index in [1.165, 1.54) is 31.5 Å². The van der Waals surface area contributed by atoms with E-state index in [2.05, 4.69) is 73.5 Å². The van der Waals surface area contributed by atoms with Crippen LogP contribution in [0.15, 0.2) is 46.9 Å². The maximum Gasteiger partial charge on any atom is 0.109 e. The fourth-order valence-corrected chi connectivity index (χ4v) is 4.22. The lowest BCUT2D eigenvalue weighted by molar-refractivity contribution is 0.180. The van der Waals surface area contributed by atoms with Crippen LogP contribution in [0.2, 0.25) is 0 Å². The Bertz CT molecular complexity index is 669. The highest BCUT2D eigenvalue weighted by Gasteiger charge is 2.28. The summed E-state index contributed by atoms with van der Waals surface area (Å²) in [6.45, 7) is 12.3. The molecule has 1 unspecified atom stereocenters. The first-order valence-corrected chi connectivity index (χ1v) is 10.0. The molecule has 3 nitrogen and oxygen atoms in total. The molecule has 1 aromatic heterocycles. The van der Waals surface area contributed by atoms with Gasteiger partial charge in [-0.2, -0.15) is 0 Å². The fraction of sp³-hybridized carbons (Fsp3) is 0.565. The number of nitrogens with zero attached hydrogens (tertiary/aromatic N) is 1. The summed E-state index contributed by atoms with van der Waals surface area (Å²) in [5.74, 6) is 2.10. The van der Waals surface area contributed by atoms with Crippen LogP contribution in [0.3, 0.4) is 0 Å². The third-order valence-electron chi connectivity index (χ3n) is 5.58. The summed E-state index contributed by atoms with van der Waals surface area (Å²) in [6.07, 6.45) is 3.55. The number of furan rings is 1. The average Bonchev–Trinajstić information content (AvgIpc) is 3.05. The second-order valence-electron chi connectivity index (χ2n) is 8.60. The van der Waals surface area contributed by atoms with Crippen molar-refractivity contribution >= 4 is 0 Å². The molecule has 1 atom stereocenters. The third-order valence-corrected chi connectivity index (χ3v) is 5.58. The zero-order valence-electron chi connectivity index (χ0n) is 16.8. The molecule has 0 spiro atoms. The molecular formula is C23H34N2O. The van der Waals surface area contributed by atoms with Gasteiger partial charge in [-0.25, -0.2) is 0 Å². The maximum absolute atomic E-state index is 5.88. The molecular weight excluding hydrogens is 320 g/mol. The second kappa shape index (κ2) is 8.41. The van der Waals surface area contributed by atoms with Gasteiger partial charge in [-0.05, 0) is 63.9 Å². The molecule has 1 fully saturated rings. The van der Waals surface area contributed by atoms with Gasteiger partial charge in [0.15, 0.2) is 0 Å². The van der Waals surface area contributed by atoms with Gasteiger partial charge in [0.1, 0.15) is 11.5 Å². The molecule has 0 aliphatic carbocycles. The molecule has 26 heavy (non-hydrogen) atoms. The molecule has 0 radical (unpaired) electrons. The molecule has 142 valence electrons. The first-order chi connectivity index (χ1) is 12.4. The summed E-state index contributed by atoms with van der Waals surface area (Å²) >= 11 is 0. The van der Waals surface area contributed by atoms with Gasteiger partial charge in [0.2, 0.25) is 0 Å². The van der Waals surface area contributed by atoms with Crippen molar-refractivity contribution in [3.05, 3.63) is 59.5 Å². The van der Waals surface area contributed by atoms with Crippen molar-refractivity contribution in [2.45, 2.75) is 71.0 Å². The lowest BCUT2D eigenvalue weighted by Gasteiger charge is -2.35. The fourth-order valence-electron chi connectivity index (χ4n) is 4.22. The van der Waals surface area contributed by atoms with Gasteiger partial charge in [-0.15, -0.1) is 0 Å². The van der Waals surface area contributed by atoms with Crippen LogP contribution in [0.4, 0.5) is 0 Å². The number of piperidine rings is 1. The lowest BCUT2D eigenvalue weighted by atomic mass is 9.83. The Morgan fingerprint density at radius 1 is 1.12 bits per heavy atom. The number of likely N-dealkylation sites (tertiary alicyclic amines) is 1. The Morgan fingerprint density at radius 3 is 2.42 bits per heavy atom. The predicted molar refractivity (Wildman–Crippen MR) is 108 cm³/mol. The second-order valence-corrected chi connectivity index (χ2v) is 8.60. The van der Waals surface area contributed by atoms with Crippen molar-refractivity contribution in [3.63, 3.8) is 0 Å². The Balaban J connectivity index is 1.44. The van der Waals surface area contributed by atoms with Crippen molar-refractivity contribution in [3.8, 4) is 0 Å². The largest absolute Gasteiger partial charge is 0.466 e. The number of aryl methyl sites for hydroxylation is 1. The van der Waals surface area contributed by atoms with Crippen molar-refractivity contribution in [1.29, 1.82) is 0 Å². The molecule has 3 rings (SSSR count). The molecule has 2 aromatic rings. The number of hydrogen-bond donors (Lipinski definition) is 1. The molecule has 1 aliphatic heterocycles. The van der Waals surface area contributed by atoms with Gasteiger partial charge >= 0.3 is 0 Å². The van der Waals surface area contributed by atoms with Crippen molar-refractivity contribution in [2.75, 3.05) is 13.1 Å². The Labute approximate surface area is 158 Å². The number of rotatable bonds is 7. The molecule has 1 aliphatic rings. The monoisotopic (exact) mass is 354 g/mol. The summed E-state index contributed by atoms with van der Waals surface area (Å²) in [6, 6.07) is 16.1. The first kappa shape index (κ1) is 19.2. The minimum atomic E-state index is 0.0642. The molecule has 1 aromatic carbocycles. The van der Waals surface area contributed by atoms with Crippen molar-refractivity contribution < 1.29 is 4.42 Å². The molecule has 0 amide bonds. The highest BCUT2D eigenvalue weighted by Crippen LogP contribution is 2.30. The van der Waals surface area contributed by atoms with Gasteiger partial charge in [0.05, 0.1) is 0 Å². The van der Waals surface area contributed by atoms with E-state index in [9.17, 15) is 0 Å². The van der Waals surface area contributed by atoms with E-state index in [0.29, 0.717) is 12.1 Å². The van der Waals surface area contributed by atoms with Crippen molar-refractivity contribution in [2.24, 2.45) is 0 Å². The summed E-state index contributed by atoms with van der Waals surface area (Å²) in [5.41, 5.74) is 1.48. The number of benzene rings is 1. The Kier molecular flexibility index (Phi) is 6.20. The van der Waals surface area contributed by atoms with E-state index >= 15 is 0 Å². The molecule has 1 saturated heterocycles. The molecule has 1 N–H and O–H groups in total. The zero-order chi connectivity index (χ0) is 18.6. The number of hydrogen-bond acceptors (Lipinski definition) is 3. The van der Waals surface area contributed by atoms with Gasteiger partial charge < -0.3 is 9.73 Å². The lowest BCUT2D eigenvalue weighted by Crippen LogP contribution is -2.46. The molecule has 2 heterocycles. The van der Waals surface area contributed by atoms with Crippen LogP contribution in [0.25, 0.3) is 0 Å². The Hall–Kier alpha value is -1.58. The maximum atomic E-state index is 5.88. The van der Waals surface area contributed by atoms with E-state index in [-0.39, 0.29) is 5.41 Å². The highest BCUT2D eigenvalue weighted by molar-refractivity contribution is 5.15. The summed E-state index contributed by atoms with van der Waals surface area (Å²) in [7, 11) is 0. The summed E-state index contributed by atoms with van der Waals surface area (Å²) in [4.78, 5) is 2.58. The predicted octanol–water partition coefficient (Wildman–Crippen LogP) is 4.90. The van der Waals surface area contributed by atoms with E-state index in [4.69, 9.17) is 4.42 Å². The average molecular weight is 355 g/mol. The summed E-state index contributed by atoms with van der Waals surface area (Å²) in [5, 5.41) is 3.87. The third kappa shape index (κ3) is 5.21. The van der Waals surface area contributed by atoms with Crippen LogP contribution in [0.1, 0.15) is 57.1 Å². The van der Waals surface area contributed by atoms with E-state index < -0.39 is 0 Å². The van der Waals surface area contributed by atoms with E-state index in [0.717, 1.165) is 24.5 Å². The number of nitrogens with one attached hydrogen (secondary N) is 1. The SMILES string of the molecule is Cc1ccc(C(C)(C)CC(C)NC2CCN(Cc3ccccc3)CC2)o1. The van der Waals surface area contributed by atoms with Crippen LogP contribution in [-0.4, -0.2) is 30.1 Å². The normalized spacial score (nSPS) is 18.2. The van der Waals surface area contributed by atoms with Crippen LogP contribution < -0.4 is 5.32 Å². The van der Waals surface area contributed by atoms with E-state index in [1.54, 1.807) is 0 Å². The summed E-state index contributed by atoms with van der Waals surface area (Å²) < 4.78 is 5.88. The Morgan fingerprint density at radius 2 is 1.81 bits per heavy atom. The molecule has 3 heteroatoms. The van der Waals surface area contributed by atoms with Crippen LogP contribution in [0, 0.1) is 6.92 Å². The standard InChI is InChI=1S/C23H34N2O/c1-18(16-23(3,4)22-11-10-19(2)26-22)24-21-12-14-25(15-13-21)17-20-8-6-5-7-9-20/h5-11,18,21,24H,12-17H2,1-4H3. The molecule has 0 saturated carbocycles. The van der Waals surface area contributed by atoms with Gasteiger partial charge in [-0.3, -0.25) is 4.90 Å². The minimum absolute atomic E-state index is 0.0642. The molecule has 0 bridgehead atoms. The minimum Gasteiger partial charge on any atom is -0.466 e. The van der Waals surface area contributed by atoms with Gasteiger partial charge in [-0.1, -0.05) is 44.2 Å². The van der Waals surface area contributed by atoms with Crippen molar-refractivity contribution in [1.82, 2.24) is 10.2 Å². The van der Waals surface area contributed by atoms with Gasteiger partial charge in [0.25, 0.3) is 0 Å². The van der Waals surface area contributed by atoms with Crippen LogP contribution in [-0.2, 0) is 12.0 Å². The van der Waals surface area contributed by atoms with Crippen LogP contribution in [0.5, 0.6) is 0 Å². The van der Waals surface area contributed by atoms with E-state index in [1.807, 2.05) is 6.92 Å². The quantitative estimate of drug-likeness (QED) is 0.767.